The van der Waals surface area contributed by atoms with Crippen molar-refractivity contribution in [2.75, 3.05) is 5.32 Å². The Balaban J connectivity index is 2.21. The predicted molar refractivity (Wildman–Crippen MR) is 46.8 cm³/mol. The van der Waals surface area contributed by atoms with Crippen molar-refractivity contribution in [3.8, 4) is 0 Å². The molecule has 0 aromatic carbocycles. The third-order valence-electron chi connectivity index (χ3n) is 2.12. The normalized spacial score (nSPS) is 15.8. The lowest BCUT2D eigenvalue weighted by molar-refractivity contribution is 0.0686. The second-order valence-corrected chi connectivity index (χ2v) is 3.25. The van der Waals surface area contributed by atoms with Crippen LogP contribution in [0, 0.1) is 0 Å². The minimum absolute atomic E-state index is 0.211. The monoisotopic (exact) mass is 181 g/mol. The molecule has 13 heavy (non-hydrogen) atoms. The van der Waals surface area contributed by atoms with Crippen molar-refractivity contribution in [1.82, 2.24) is 9.55 Å². The number of hydrogen-bond donors (Lipinski definition) is 2. The van der Waals surface area contributed by atoms with Gasteiger partial charge in [0.15, 0.2) is 0 Å². The van der Waals surface area contributed by atoms with Crippen LogP contribution < -0.4 is 5.32 Å². The lowest BCUT2D eigenvalue weighted by Crippen LogP contribution is -2.10. The highest BCUT2D eigenvalue weighted by Gasteiger charge is 2.23. The molecule has 1 aromatic heterocycles. The number of carbonyl (C=O) groups is 1. The molecule has 0 bridgehead atoms. The molecule has 0 radical (unpaired) electrons. The average Bonchev–Trinajstić information content (AvgIpc) is 2.78. The molecule has 5 heteroatoms. The summed E-state index contributed by atoms with van der Waals surface area (Å²) in [5.41, 5.74) is 0.211. The number of rotatable bonds is 3. The van der Waals surface area contributed by atoms with Crippen LogP contribution in [0.4, 0.5) is 5.95 Å². The Morgan fingerprint density at radius 1 is 1.77 bits per heavy atom. The van der Waals surface area contributed by atoms with Crippen molar-refractivity contribution in [2.45, 2.75) is 18.9 Å². The van der Waals surface area contributed by atoms with Crippen molar-refractivity contribution in [1.29, 1.82) is 0 Å². The van der Waals surface area contributed by atoms with Gasteiger partial charge < -0.3 is 15.0 Å². The molecule has 2 N–H and O–H groups in total. The van der Waals surface area contributed by atoms with Crippen LogP contribution in [0.3, 0.4) is 0 Å². The van der Waals surface area contributed by atoms with E-state index in [9.17, 15) is 4.79 Å². The molecule has 0 aliphatic heterocycles. The summed E-state index contributed by atoms with van der Waals surface area (Å²) >= 11 is 0. The molecule has 2 rings (SSSR count). The minimum Gasteiger partial charge on any atom is -0.477 e. The fourth-order valence-corrected chi connectivity index (χ4v) is 1.15. The summed E-state index contributed by atoms with van der Waals surface area (Å²) in [6.45, 7) is 0. The first-order valence-electron chi connectivity index (χ1n) is 4.20. The molecule has 0 saturated heterocycles. The zero-order valence-electron chi connectivity index (χ0n) is 7.32. The van der Waals surface area contributed by atoms with Gasteiger partial charge in [-0.05, 0) is 12.8 Å². The summed E-state index contributed by atoms with van der Waals surface area (Å²) in [5.74, 6) is -0.307. The summed E-state index contributed by atoms with van der Waals surface area (Å²) in [4.78, 5) is 14.6. The Morgan fingerprint density at radius 2 is 2.46 bits per heavy atom. The maximum Gasteiger partial charge on any atom is 0.354 e. The third-order valence-corrected chi connectivity index (χ3v) is 2.12. The molecule has 5 nitrogen and oxygen atoms in total. The van der Waals surface area contributed by atoms with Crippen LogP contribution in [-0.2, 0) is 7.05 Å². The van der Waals surface area contributed by atoms with E-state index in [2.05, 4.69) is 10.3 Å². The van der Waals surface area contributed by atoms with Crippen LogP contribution in [0.25, 0.3) is 0 Å². The van der Waals surface area contributed by atoms with Crippen molar-refractivity contribution in [2.24, 2.45) is 7.05 Å². The number of aromatic nitrogens is 2. The van der Waals surface area contributed by atoms with Gasteiger partial charge in [0.1, 0.15) is 5.69 Å². The molecule has 1 aliphatic rings. The Labute approximate surface area is 75.4 Å². The fraction of sp³-hybridized carbons (Fsp3) is 0.500. The Hall–Kier alpha value is -1.52. The highest BCUT2D eigenvalue weighted by atomic mass is 16.4. The molecule has 0 spiro atoms. The third kappa shape index (κ3) is 1.49. The smallest absolute Gasteiger partial charge is 0.354 e. The number of anilines is 1. The molecule has 0 amide bonds. The van der Waals surface area contributed by atoms with E-state index >= 15 is 0 Å². The summed E-state index contributed by atoms with van der Waals surface area (Å²) in [7, 11) is 1.70. The van der Waals surface area contributed by atoms with Gasteiger partial charge in [0.05, 0.1) is 6.20 Å². The molecular formula is C8H11N3O2. The van der Waals surface area contributed by atoms with E-state index in [0.29, 0.717) is 12.0 Å². The molecule has 0 atom stereocenters. The summed E-state index contributed by atoms with van der Waals surface area (Å²) in [6, 6.07) is 0.489. The van der Waals surface area contributed by atoms with E-state index in [1.165, 1.54) is 6.20 Å². The van der Waals surface area contributed by atoms with Crippen molar-refractivity contribution in [3.05, 3.63) is 11.9 Å². The van der Waals surface area contributed by atoms with Gasteiger partial charge in [0.25, 0.3) is 0 Å². The van der Waals surface area contributed by atoms with E-state index in [4.69, 9.17) is 5.11 Å². The van der Waals surface area contributed by atoms with Gasteiger partial charge in [0.2, 0.25) is 5.95 Å². The maximum absolute atomic E-state index is 10.6. The molecule has 1 fully saturated rings. The van der Waals surface area contributed by atoms with E-state index in [-0.39, 0.29) is 5.69 Å². The summed E-state index contributed by atoms with van der Waals surface area (Å²) in [6.07, 6.45) is 3.66. The Morgan fingerprint density at radius 3 is 2.92 bits per heavy atom. The Kier molecular flexibility index (Phi) is 1.72. The van der Waals surface area contributed by atoms with E-state index < -0.39 is 5.97 Å². The lowest BCUT2D eigenvalue weighted by Gasteiger charge is -2.04. The van der Waals surface area contributed by atoms with Crippen molar-refractivity contribution in [3.63, 3.8) is 0 Å². The van der Waals surface area contributed by atoms with Gasteiger partial charge in [-0.15, -0.1) is 0 Å². The van der Waals surface area contributed by atoms with Gasteiger partial charge in [-0.2, -0.15) is 0 Å². The van der Waals surface area contributed by atoms with Crippen molar-refractivity contribution < 1.29 is 9.90 Å². The molecular weight excluding hydrogens is 170 g/mol. The largest absolute Gasteiger partial charge is 0.477 e. The molecule has 1 aromatic rings. The SMILES string of the molecule is Cn1c(C(=O)O)cnc1NC1CC1. The van der Waals surface area contributed by atoms with E-state index in [1.54, 1.807) is 11.6 Å². The van der Waals surface area contributed by atoms with Gasteiger partial charge >= 0.3 is 5.97 Å². The number of hydrogen-bond acceptors (Lipinski definition) is 3. The predicted octanol–water partition coefficient (Wildman–Crippen LogP) is 0.693. The van der Waals surface area contributed by atoms with Crippen LogP contribution in [0.1, 0.15) is 23.3 Å². The van der Waals surface area contributed by atoms with Crippen LogP contribution in [0.2, 0.25) is 0 Å². The lowest BCUT2D eigenvalue weighted by atomic mass is 10.5. The standard InChI is InChI=1S/C8H11N3O2/c1-11-6(7(12)13)4-9-8(11)10-5-2-3-5/h4-5H,2-3H2,1H3,(H,9,10)(H,12,13). The van der Waals surface area contributed by atoms with Gasteiger partial charge in [-0.1, -0.05) is 0 Å². The highest BCUT2D eigenvalue weighted by molar-refractivity contribution is 5.86. The molecule has 1 saturated carbocycles. The average molecular weight is 181 g/mol. The molecule has 1 heterocycles. The highest BCUT2D eigenvalue weighted by Crippen LogP contribution is 2.23. The van der Waals surface area contributed by atoms with Gasteiger partial charge in [0, 0.05) is 13.1 Å². The first-order chi connectivity index (χ1) is 6.18. The zero-order chi connectivity index (χ0) is 9.42. The molecule has 0 unspecified atom stereocenters. The number of imidazole rings is 1. The zero-order valence-corrected chi connectivity index (χ0v) is 7.32. The second kappa shape index (κ2) is 2.76. The molecule has 70 valence electrons. The van der Waals surface area contributed by atoms with Crippen LogP contribution in [0.5, 0.6) is 0 Å². The van der Waals surface area contributed by atoms with Crippen LogP contribution in [-0.4, -0.2) is 26.7 Å². The maximum atomic E-state index is 10.6. The fourth-order valence-electron chi connectivity index (χ4n) is 1.15. The van der Waals surface area contributed by atoms with E-state index in [1.807, 2.05) is 0 Å². The number of carboxylic acids is 1. The first kappa shape index (κ1) is 8.10. The first-order valence-corrected chi connectivity index (χ1v) is 4.20. The number of nitrogens with one attached hydrogen (secondary N) is 1. The second-order valence-electron chi connectivity index (χ2n) is 3.25. The number of nitrogens with zero attached hydrogens (tertiary/aromatic N) is 2. The van der Waals surface area contributed by atoms with Crippen LogP contribution >= 0.6 is 0 Å². The Bertz CT molecular complexity index is 341. The van der Waals surface area contributed by atoms with Gasteiger partial charge in [-0.3, -0.25) is 0 Å². The summed E-state index contributed by atoms with van der Waals surface area (Å²) in [5, 5.41) is 11.9. The van der Waals surface area contributed by atoms with Crippen molar-refractivity contribution >= 4 is 11.9 Å². The van der Waals surface area contributed by atoms with Gasteiger partial charge in [-0.25, -0.2) is 9.78 Å². The van der Waals surface area contributed by atoms with E-state index in [0.717, 1.165) is 12.8 Å². The molecule has 1 aliphatic carbocycles. The number of carboxylic acid groups (broad SMARTS) is 1. The quantitative estimate of drug-likeness (QED) is 0.720. The minimum atomic E-state index is -0.946. The number of aromatic carboxylic acids is 1. The topological polar surface area (TPSA) is 67.2 Å². The van der Waals surface area contributed by atoms with Crippen LogP contribution in [0.15, 0.2) is 6.20 Å². The summed E-state index contributed by atoms with van der Waals surface area (Å²) < 4.78 is 1.56.